The molecule has 1 unspecified atom stereocenters. The molecule has 1 heterocycles. The Hall–Kier alpha value is -2.95. The van der Waals surface area contributed by atoms with E-state index in [1.54, 1.807) is 36.5 Å². The number of amides is 1. The molecule has 2 aliphatic rings. The molecule has 11 heteroatoms. The first kappa shape index (κ1) is 33.4. The molecule has 3 aromatic carbocycles. The number of carboxylic acids is 1. The first-order valence-corrected chi connectivity index (χ1v) is 16.8. The second kappa shape index (κ2) is 13.8. The average molecular weight is 673 g/mol. The Morgan fingerprint density at radius 1 is 1.11 bits per heavy atom. The van der Waals surface area contributed by atoms with Gasteiger partial charge in [0, 0.05) is 39.8 Å². The maximum atomic E-state index is 13.7. The molecule has 2 fully saturated rings. The Bertz CT molecular complexity index is 1570. The number of benzene rings is 3. The van der Waals surface area contributed by atoms with Gasteiger partial charge in [0.15, 0.2) is 0 Å². The highest BCUT2D eigenvalue weighted by Gasteiger charge is 2.55. The number of carbonyl (C=O) groups is 2. The van der Waals surface area contributed by atoms with Crippen molar-refractivity contribution in [2.75, 3.05) is 13.7 Å². The van der Waals surface area contributed by atoms with Crippen LogP contribution in [0.25, 0.3) is 0 Å². The van der Waals surface area contributed by atoms with Gasteiger partial charge in [0.25, 0.3) is 0 Å². The van der Waals surface area contributed by atoms with E-state index in [4.69, 9.17) is 27.9 Å². The number of methoxy groups -OCH3 is 1. The monoisotopic (exact) mass is 671 g/mol. The summed E-state index contributed by atoms with van der Waals surface area (Å²) in [5, 5.41) is 13.9. The molecule has 45 heavy (non-hydrogen) atoms. The van der Waals surface area contributed by atoms with Crippen LogP contribution in [0.15, 0.2) is 72.8 Å². The molecule has 0 spiro atoms. The van der Waals surface area contributed by atoms with Gasteiger partial charge in [-0.05, 0) is 91.1 Å². The van der Waals surface area contributed by atoms with Crippen molar-refractivity contribution in [3.63, 3.8) is 0 Å². The van der Waals surface area contributed by atoms with Crippen molar-refractivity contribution in [1.82, 2.24) is 9.62 Å². The first-order chi connectivity index (χ1) is 21.4. The van der Waals surface area contributed by atoms with Crippen molar-refractivity contribution in [1.29, 1.82) is 0 Å². The zero-order valence-corrected chi connectivity index (χ0v) is 27.5. The Morgan fingerprint density at radius 2 is 1.82 bits per heavy atom. The molecule has 5 atom stereocenters. The summed E-state index contributed by atoms with van der Waals surface area (Å²) in [7, 11) is 1.59. The number of rotatable bonds is 13. The lowest BCUT2D eigenvalue weighted by Crippen LogP contribution is -2.59. The van der Waals surface area contributed by atoms with Crippen molar-refractivity contribution in [2.24, 2.45) is 11.3 Å². The molecule has 1 aliphatic heterocycles. The van der Waals surface area contributed by atoms with Gasteiger partial charge in [-0.15, -0.1) is 0 Å². The normalized spacial score (nSPS) is 23.6. The van der Waals surface area contributed by atoms with Crippen molar-refractivity contribution in [2.45, 2.75) is 62.9 Å². The van der Waals surface area contributed by atoms with E-state index in [1.165, 1.54) is 0 Å². The van der Waals surface area contributed by atoms with E-state index in [2.05, 4.69) is 5.32 Å². The lowest BCUT2D eigenvalue weighted by Gasteiger charge is -2.51. The van der Waals surface area contributed by atoms with Crippen molar-refractivity contribution in [3.05, 3.63) is 99.5 Å². The molecule has 8 nitrogen and oxygen atoms in total. The summed E-state index contributed by atoms with van der Waals surface area (Å²) in [6, 6.07) is 21.7. The molecule has 1 saturated carbocycles. The van der Waals surface area contributed by atoms with Gasteiger partial charge >= 0.3 is 5.97 Å². The van der Waals surface area contributed by atoms with E-state index < -0.39 is 34.2 Å². The number of aliphatic carboxylic acids is 1. The number of piperidine rings is 1. The first-order valence-electron chi connectivity index (χ1n) is 15.0. The summed E-state index contributed by atoms with van der Waals surface area (Å²) in [6.07, 6.45) is 2.28. The molecule has 240 valence electrons. The fourth-order valence-corrected chi connectivity index (χ4v) is 8.16. The Morgan fingerprint density at radius 3 is 2.44 bits per heavy atom. The quantitative estimate of drug-likeness (QED) is 0.201. The number of carbonyl (C=O) groups excluding carboxylic acids is 1. The van der Waals surface area contributed by atoms with Crippen LogP contribution in [0.2, 0.25) is 10.0 Å². The Kier molecular flexibility index (Phi) is 10.3. The summed E-state index contributed by atoms with van der Waals surface area (Å²) < 4.78 is 33.5. The Balaban J connectivity index is 1.60. The number of nitrogens with one attached hydrogen (secondary N) is 1. The molecule has 0 aromatic heterocycles. The maximum Gasteiger partial charge on any atom is 0.304 e. The topological polar surface area (TPSA) is 119 Å². The summed E-state index contributed by atoms with van der Waals surface area (Å²) >= 11 is 10.1. The van der Waals surface area contributed by atoms with Crippen molar-refractivity contribution in [3.8, 4) is 5.75 Å². The highest BCUT2D eigenvalue weighted by atomic mass is 35.5. The fourth-order valence-electron chi connectivity index (χ4n) is 7.00. The van der Waals surface area contributed by atoms with E-state index in [1.807, 2.05) is 54.6 Å². The highest BCUT2D eigenvalue weighted by molar-refractivity contribution is 7.76. The second-order valence-corrected chi connectivity index (χ2v) is 14.2. The molecule has 5 rings (SSSR count). The third-order valence-corrected chi connectivity index (χ3v) is 10.7. The number of ether oxygens (including phenoxy) is 1. The molecule has 1 saturated heterocycles. The van der Waals surface area contributed by atoms with E-state index in [9.17, 15) is 23.5 Å². The van der Waals surface area contributed by atoms with E-state index >= 15 is 0 Å². The van der Waals surface area contributed by atoms with E-state index in [0.29, 0.717) is 22.2 Å². The van der Waals surface area contributed by atoms with Crippen LogP contribution in [-0.2, 0) is 32.8 Å². The number of carboxylic acid groups (broad SMARTS) is 1. The van der Waals surface area contributed by atoms with Crippen molar-refractivity contribution >= 4 is 46.3 Å². The van der Waals surface area contributed by atoms with E-state index in [-0.39, 0.29) is 43.6 Å². The Labute approximate surface area is 276 Å². The number of hydrogen-bond donors (Lipinski definition) is 2. The minimum Gasteiger partial charge on any atom is -0.760 e. The SMILES string of the molecule is COc1cccc(CCN(S(=O)[O-])[C@](C[C@@H]2NC(=O)[C@](C)(CC(=O)O)C[C@@H]2c2cccc(Cl)c2)(c2ccc(Cl)cc2)C2CC2)c1. The predicted molar refractivity (Wildman–Crippen MR) is 174 cm³/mol. The standard InChI is InChI=1S/C34H38Cl2N2O6S/c1-33(21-31(39)40)19-29(23-6-4-7-27(36)18-23)30(37-32(33)41)20-34(24-9-10-24,25-11-13-26(35)14-12-25)38(45(42)43)16-15-22-5-3-8-28(17-22)44-2/h3-8,11-14,17-18,24,29-30H,9-10,15-16,19-21H2,1-2H3,(H,37,41)(H,39,40)(H,42,43)/p-1/t29-,30+,33+,34+/m1/s1. The molecule has 0 bridgehead atoms. The van der Waals surface area contributed by atoms with Crippen LogP contribution in [-0.4, -0.2) is 49.7 Å². The molecule has 1 amide bonds. The van der Waals surface area contributed by atoms with Crippen LogP contribution >= 0.6 is 23.2 Å². The van der Waals surface area contributed by atoms with Crippen LogP contribution in [0.4, 0.5) is 0 Å². The largest absolute Gasteiger partial charge is 0.760 e. The van der Waals surface area contributed by atoms with Gasteiger partial charge in [0.2, 0.25) is 5.91 Å². The fraction of sp³-hybridized carbons (Fsp3) is 0.412. The van der Waals surface area contributed by atoms with Gasteiger partial charge in [0.05, 0.1) is 24.5 Å². The molecule has 3 aromatic rings. The van der Waals surface area contributed by atoms with Crippen LogP contribution in [0.1, 0.15) is 61.6 Å². The lowest BCUT2D eigenvalue weighted by molar-refractivity contribution is -0.147. The smallest absolute Gasteiger partial charge is 0.304 e. The highest BCUT2D eigenvalue weighted by Crippen LogP contribution is 2.55. The summed E-state index contributed by atoms with van der Waals surface area (Å²) in [5.41, 5.74) is 0.410. The number of halogens is 2. The zero-order valence-electron chi connectivity index (χ0n) is 25.2. The van der Waals surface area contributed by atoms with Crippen molar-refractivity contribution < 1.29 is 28.2 Å². The predicted octanol–water partition coefficient (Wildman–Crippen LogP) is 6.49. The summed E-state index contributed by atoms with van der Waals surface area (Å²) in [5.74, 6) is -1.06. The molecular weight excluding hydrogens is 635 g/mol. The summed E-state index contributed by atoms with van der Waals surface area (Å²) in [4.78, 5) is 25.5. The van der Waals surface area contributed by atoms with E-state index in [0.717, 1.165) is 29.5 Å². The minimum absolute atomic E-state index is 0.00821. The molecule has 1 aliphatic carbocycles. The van der Waals surface area contributed by atoms with Gasteiger partial charge in [-0.25, -0.2) is 4.31 Å². The summed E-state index contributed by atoms with van der Waals surface area (Å²) in [6.45, 7) is 1.87. The van der Waals surface area contributed by atoms with Gasteiger partial charge in [0.1, 0.15) is 5.75 Å². The number of hydrogen-bond acceptors (Lipinski definition) is 5. The average Bonchev–Trinajstić information content (AvgIpc) is 3.84. The third-order valence-electron chi connectivity index (χ3n) is 9.33. The van der Waals surface area contributed by atoms with Crippen LogP contribution in [0.5, 0.6) is 5.75 Å². The van der Waals surface area contributed by atoms with Gasteiger partial charge in [-0.2, -0.15) is 0 Å². The number of nitrogens with zero attached hydrogens (tertiary/aromatic N) is 1. The van der Waals surface area contributed by atoms with Crippen LogP contribution in [0, 0.1) is 11.3 Å². The minimum atomic E-state index is -2.63. The molecule has 2 N–H and O–H groups in total. The second-order valence-electron chi connectivity index (χ2n) is 12.4. The third kappa shape index (κ3) is 7.39. The lowest BCUT2D eigenvalue weighted by atomic mass is 9.66. The van der Waals surface area contributed by atoms with Crippen LogP contribution in [0.3, 0.4) is 0 Å². The van der Waals surface area contributed by atoms with Gasteiger partial charge < -0.3 is 19.7 Å². The molecular formula is C34H37Cl2N2O6S-. The maximum absolute atomic E-state index is 13.7. The molecule has 0 radical (unpaired) electrons. The zero-order chi connectivity index (χ0) is 32.4. The van der Waals surface area contributed by atoms with Gasteiger partial charge in [-0.1, -0.05) is 66.5 Å². The van der Waals surface area contributed by atoms with Crippen LogP contribution < -0.4 is 10.1 Å². The van der Waals surface area contributed by atoms with Gasteiger partial charge in [-0.3, -0.25) is 13.8 Å².